The van der Waals surface area contributed by atoms with E-state index in [0.717, 1.165) is 41.2 Å². The normalized spacial score (nSPS) is 17.2. The van der Waals surface area contributed by atoms with Crippen LogP contribution in [0.25, 0.3) is 11.3 Å². The fourth-order valence-corrected chi connectivity index (χ4v) is 2.75. The molecule has 0 spiro atoms. The summed E-state index contributed by atoms with van der Waals surface area (Å²) >= 11 is 6.20. The Morgan fingerprint density at radius 3 is 2.84 bits per heavy atom. The number of nitrogens with two attached hydrogens (primary N) is 1. The summed E-state index contributed by atoms with van der Waals surface area (Å²) in [5.74, 6) is 0. The van der Waals surface area contributed by atoms with Crippen molar-refractivity contribution >= 4 is 11.6 Å². The zero-order valence-corrected chi connectivity index (χ0v) is 11.8. The fraction of sp³-hybridized carbons (Fsp3) is 0.400. The van der Waals surface area contributed by atoms with Gasteiger partial charge >= 0.3 is 0 Å². The molecule has 0 unspecified atom stereocenters. The van der Waals surface area contributed by atoms with Crippen LogP contribution in [0, 0.1) is 6.92 Å². The molecular weight excluding hydrogens is 258 g/mol. The van der Waals surface area contributed by atoms with Crippen molar-refractivity contribution in [1.82, 2.24) is 9.55 Å². The first-order valence-corrected chi connectivity index (χ1v) is 7.01. The predicted octanol–water partition coefficient (Wildman–Crippen LogP) is 3.39. The maximum atomic E-state index is 6.32. The van der Waals surface area contributed by atoms with Crippen LogP contribution in [0.4, 0.5) is 0 Å². The van der Waals surface area contributed by atoms with Gasteiger partial charge in [-0.05, 0) is 37.8 Å². The molecule has 4 heteroatoms. The SMILES string of the molecule is Cc1ccc(-c2cncn2CC2(N)CCC2)cc1Cl. The van der Waals surface area contributed by atoms with Crippen LogP contribution in [0.15, 0.2) is 30.7 Å². The van der Waals surface area contributed by atoms with Crippen LogP contribution in [-0.2, 0) is 6.54 Å². The van der Waals surface area contributed by atoms with E-state index in [1.165, 1.54) is 6.42 Å². The molecule has 3 nitrogen and oxygen atoms in total. The second-order valence-corrected chi connectivity index (χ2v) is 5.99. The number of halogens is 1. The van der Waals surface area contributed by atoms with E-state index in [1.807, 2.05) is 31.6 Å². The number of imidazole rings is 1. The number of aromatic nitrogens is 2. The van der Waals surface area contributed by atoms with Crippen molar-refractivity contribution < 1.29 is 0 Å². The van der Waals surface area contributed by atoms with E-state index >= 15 is 0 Å². The Morgan fingerprint density at radius 1 is 1.42 bits per heavy atom. The molecule has 1 saturated carbocycles. The second-order valence-electron chi connectivity index (χ2n) is 5.59. The average molecular weight is 276 g/mol. The van der Waals surface area contributed by atoms with E-state index in [1.54, 1.807) is 0 Å². The monoisotopic (exact) mass is 275 g/mol. The second kappa shape index (κ2) is 4.66. The summed E-state index contributed by atoms with van der Waals surface area (Å²) in [5, 5.41) is 0.788. The van der Waals surface area contributed by atoms with Gasteiger partial charge < -0.3 is 10.3 Å². The first kappa shape index (κ1) is 12.7. The molecular formula is C15H18ClN3. The highest BCUT2D eigenvalue weighted by Crippen LogP contribution is 2.32. The van der Waals surface area contributed by atoms with Gasteiger partial charge in [0, 0.05) is 22.7 Å². The van der Waals surface area contributed by atoms with E-state index in [-0.39, 0.29) is 5.54 Å². The number of hydrogen-bond acceptors (Lipinski definition) is 2. The van der Waals surface area contributed by atoms with Crippen LogP contribution in [0.3, 0.4) is 0 Å². The minimum atomic E-state index is -0.0516. The molecule has 1 aliphatic rings. The first-order valence-electron chi connectivity index (χ1n) is 6.63. The molecule has 0 atom stereocenters. The number of benzene rings is 1. The Hall–Kier alpha value is -1.32. The van der Waals surface area contributed by atoms with Crippen LogP contribution in [0.2, 0.25) is 5.02 Å². The molecule has 0 amide bonds. The van der Waals surface area contributed by atoms with Crippen molar-refractivity contribution in [2.45, 2.75) is 38.3 Å². The van der Waals surface area contributed by atoms with Gasteiger partial charge in [-0.25, -0.2) is 4.98 Å². The lowest BCUT2D eigenvalue weighted by molar-refractivity contribution is 0.216. The largest absolute Gasteiger partial charge is 0.329 e. The van der Waals surface area contributed by atoms with E-state index in [2.05, 4.69) is 15.6 Å². The lowest BCUT2D eigenvalue weighted by Gasteiger charge is -2.38. The van der Waals surface area contributed by atoms with Crippen LogP contribution in [-0.4, -0.2) is 15.1 Å². The molecule has 100 valence electrons. The minimum Gasteiger partial charge on any atom is -0.329 e. The highest BCUT2D eigenvalue weighted by molar-refractivity contribution is 6.31. The topological polar surface area (TPSA) is 43.8 Å². The maximum Gasteiger partial charge on any atom is 0.0951 e. The van der Waals surface area contributed by atoms with Gasteiger partial charge in [-0.1, -0.05) is 23.7 Å². The Labute approximate surface area is 118 Å². The highest BCUT2D eigenvalue weighted by atomic mass is 35.5. The zero-order chi connectivity index (χ0) is 13.5. The van der Waals surface area contributed by atoms with Gasteiger partial charge in [0.15, 0.2) is 0 Å². The van der Waals surface area contributed by atoms with Crippen LogP contribution in [0.5, 0.6) is 0 Å². The van der Waals surface area contributed by atoms with Gasteiger partial charge in [0.05, 0.1) is 18.2 Å². The molecule has 1 aliphatic carbocycles. The van der Waals surface area contributed by atoms with E-state index in [9.17, 15) is 0 Å². The Kier molecular flexibility index (Phi) is 3.11. The summed E-state index contributed by atoms with van der Waals surface area (Å²) < 4.78 is 2.14. The summed E-state index contributed by atoms with van der Waals surface area (Å²) in [5.41, 5.74) is 9.53. The minimum absolute atomic E-state index is 0.0516. The van der Waals surface area contributed by atoms with E-state index in [0.29, 0.717) is 0 Å². The average Bonchev–Trinajstić information content (AvgIpc) is 2.79. The Bertz CT molecular complexity index is 599. The van der Waals surface area contributed by atoms with Crippen molar-refractivity contribution in [3.05, 3.63) is 41.3 Å². The third-order valence-corrected chi connectivity index (χ3v) is 4.42. The molecule has 1 aromatic heterocycles. The van der Waals surface area contributed by atoms with Gasteiger partial charge in [0.1, 0.15) is 0 Å². The number of hydrogen-bond donors (Lipinski definition) is 1. The van der Waals surface area contributed by atoms with Gasteiger partial charge in [0.2, 0.25) is 0 Å². The van der Waals surface area contributed by atoms with Gasteiger partial charge in [0.25, 0.3) is 0 Å². The van der Waals surface area contributed by atoms with Crippen molar-refractivity contribution in [2.75, 3.05) is 0 Å². The van der Waals surface area contributed by atoms with Crippen molar-refractivity contribution in [3.63, 3.8) is 0 Å². The van der Waals surface area contributed by atoms with Gasteiger partial charge in [-0.3, -0.25) is 0 Å². The molecule has 2 aromatic rings. The maximum absolute atomic E-state index is 6.32. The van der Waals surface area contributed by atoms with Crippen molar-refractivity contribution in [2.24, 2.45) is 5.73 Å². The molecule has 2 N–H and O–H groups in total. The van der Waals surface area contributed by atoms with Crippen LogP contribution >= 0.6 is 11.6 Å². The van der Waals surface area contributed by atoms with Crippen LogP contribution in [0.1, 0.15) is 24.8 Å². The summed E-state index contributed by atoms with van der Waals surface area (Å²) in [6.07, 6.45) is 7.16. The summed E-state index contributed by atoms with van der Waals surface area (Å²) in [6.45, 7) is 2.83. The summed E-state index contributed by atoms with van der Waals surface area (Å²) in [6, 6.07) is 6.11. The quantitative estimate of drug-likeness (QED) is 0.933. The molecule has 0 bridgehead atoms. The molecule has 1 fully saturated rings. The molecule has 0 radical (unpaired) electrons. The van der Waals surface area contributed by atoms with E-state index < -0.39 is 0 Å². The number of rotatable bonds is 3. The lowest BCUT2D eigenvalue weighted by atomic mass is 9.77. The fourth-order valence-electron chi connectivity index (χ4n) is 2.57. The molecule has 19 heavy (non-hydrogen) atoms. The standard InChI is InChI=1S/C15H18ClN3/c1-11-3-4-12(7-13(11)16)14-8-18-10-19(14)9-15(17)5-2-6-15/h3-4,7-8,10H,2,5-6,9,17H2,1H3. The van der Waals surface area contributed by atoms with Crippen LogP contribution < -0.4 is 5.73 Å². The molecule has 1 aromatic carbocycles. The number of aryl methyl sites for hydroxylation is 1. The van der Waals surface area contributed by atoms with Gasteiger partial charge in [-0.2, -0.15) is 0 Å². The van der Waals surface area contributed by atoms with E-state index in [4.69, 9.17) is 17.3 Å². The van der Waals surface area contributed by atoms with Gasteiger partial charge in [-0.15, -0.1) is 0 Å². The zero-order valence-electron chi connectivity index (χ0n) is 11.1. The van der Waals surface area contributed by atoms with Crippen molar-refractivity contribution in [1.29, 1.82) is 0 Å². The smallest absolute Gasteiger partial charge is 0.0951 e. The molecule has 3 rings (SSSR count). The lowest BCUT2D eigenvalue weighted by Crippen LogP contribution is -2.49. The predicted molar refractivity (Wildman–Crippen MR) is 78.2 cm³/mol. The number of nitrogens with zero attached hydrogens (tertiary/aromatic N) is 2. The Balaban J connectivity index is 1.92. The first-order chi connectivity index (χ1) is 9.07. The summed E-state index contributed by atoms with van der Waals surface area (Å²) in [7, 11) is 0. The molecule has 0 saturated heterocycles. The molecule has 0 aliphatic heterocycles. The highest BCUT2D eigenvalue weighted by Gasteiger charge is 2.33. The van der Waals surface area contributed by atoms with Crippen molar-refractivity contribution in [3.8, 4) is 11.3 Å². The Morgan fingerprint density at radius 2 is 2.21 bits per heavy atom. The third-order valence-electron chi connectivity index (χ3n) is 4.01. The summed E-state index contributed by atoms with van der Waals surface area (Å²) in [4.78, 5) is 4.26. The molecule has 1 heterocycles. The third kappa shape index (κ3) is 2.40.